The molecular weight excluding hydrogens is 246 g/mol. The Labute approximate surface area is 124 Å². The predicted octanol–water partition coefficient (Wildman–Crippen LogP) is 2.08. The number of rotatable bonds is 5. The molecule has 2 heterocycles. The van der Waals surface area contributed by atoms with E-state index >= 15 is 0 Å². The summed E-state index contributed by atoms with van der Waals surface area (Å²) in [5, 5.41) is 3.60. The first-order valence-electron chi connectivity index (χ1n) is 9.03. The third kappa shape index (κ3) is 2.90. The van der Waals surface area contributed by atoms with Crippen LogP contribution in [0.3, 0.4) is 0 Å². The van der Waals surface area contributed by atoms with E-state index in [4.69, 9.17) is 0 Å². The van der Waals surface area contributed by atoms with E-state index in [1.807, 2.05) is 0 Å². The Morgan fingerprint density at radius 1 is 1.10 bits per heavy atom. The van der Waals surface area contributed by atoms with Crippen molar-refractivity contribution in [1.82, 2.24) is 15.1 Å². The van der Waals surface area contributed by atoms with E-state index in [0.717, 1.165) is 30.1 Å². The lowest BCUT2D eigenvalue weighted by atomic mass is 9.98. The molecule has 4 aliphatic rings. The summed E-state index contributed by atoms with van der Waals surface area (Å²) in [6, 6.07) is 3.58. The highest BCUT2D eigenvalue weighted by molar-refractivity contribution is 5.00. The van der Waals surface area contributed by atoms with Crippen molar-refractivity contribution in [2.75, 3.05) is 26.2 Å². The fraction of sp³-hybridized carbons (Fsp3) is 1.00. The fourth-order valence-electron chi connectivity index (χ4n) is 4.56. The Balaban J connectivity index is 1.38. The van der Waals surface area contributed by atoms with Crippen molar-refractivity contribution in [3.63, 3.8) is 0 Å². The lowest BCUT2D eigenvalue weighted by Crippen LogP contribution is -2.45. The Hall–Kier alpha value is -0.120. The molecule has 1 N–H and O–H groups in total. The molecule has 4 fully saturated rings. The number of likely N-dealkylation sites (tertiary alicyclic amines) is 1. The van der Waals surface area contributed by atoms with Crippen LogP contribution in [-0.4, -0.2) is 60.1 Å². The summed E-state index contributed by atoms with van der Waals surface area (Å²) in [4.78, 5) is 5.75. The van der Waals surface area contributed by atoms with Crippen LogP contribution in [0.15, 0.2) is 0 Å². The fourth-order valence-corrected chi connectivity index (χ4v) is 4.56. The number of nitrogens with one attached hydrogen (secondary N) is 1. The summed E-state index contributed by atoms with van der Waals surface area (Å²) in [5.41, 5.74) is 0. The van der Waals surface area contributed by atoms with Crippen molar-refractivity contribution in [1.29, 1.82) is 0 Å². The molecule has 0 amide bonds. The van der Waals surface area contributed by atoms with Crippen molar-refractivity contribution in [3.8, 4) is 0 Å². The molecule has 0 bridgehead atoms. The third-order valence-electron chi connectivity index (χ3n) is 5.97. The summed E-state index contributed by atoms with van der Waals surface area (Å²) in [6.45, 7) is 7.70. The zero-order valence-electron chi connectivity index (χ0n) is 13.1. The molecule has 0 aromatic rings. The molecule has 3 heteroatoms. The summed E-state index contributed by atoms with van der Waals surface area (Å²) >= 11 is 0. The zero-order chi connectivity index (χ0) is 13.5. The zero-order valence-corrected chi connectivity index (χ0v) is 13.1. The highest BCUT2D eigenvalue weighted by atomic mass is 15.3. The van der Waals surface area contributed by atoms with Crippen LogP contribution in [0.5, 0.6) is 0 Å². The molecule has 4 rings (SSSR count). The van der Waals surface area contributed by atoms with Gasteiger partial charge in [-0.25, -0.2) is 0 Å². The minimum absolute atomic E-state index is 0.832. The maximum Gasteiger partial charge on any atom is 0.0241 e. The minimum Gasteiger partial charge on any atom is -0.316 e. The number of nitrogens with zero attached hydrogens (tertiary/aromatic N) is 2. The first kappa shape index (κ1) is 13.5. The van der Waals surface area contributed by atoms with E-state index in [2.05, 4.69) is 22.0 Å². The van der Waals surface area contributed by atoms with Crippen LogP contribution in [0.2, 0.25) is 0 Å². The second kappa shape index (κ2) is 5.58. The van der Waals surface area contributed by atoms with E-state index in [0.29, 0.717) is 0 Å². The van der Waals surface area contributed by atoms with Gasteiger partial charge in [0.15, 0.2) is 0 Å². The van der Waals surface area contributed by atoms with Gasteiger partial charge in [-0.05, 0) is 70.9 Å². The van der Waals surface area contributed by atoms with Gasteiger partial charge in [0, 0.05) is 37.3 Å². The quantitative estimate of drug-likeness (QED) is 0.830. The molecular formula is C17H31N3. The Morgan fingerprint density at radius 3 is 2.60 bits per heavy atom. The third-order valence-corrected chi connectivity index (χ3v) is 5.97. The van der Waals surface area contributed by atoms with E-state index in [-0.39, 0.29) is 0 Å². The molecule has 114 valence electrons. The Bertz CT molecular complexity index is 331. The SMILES string of the molecule is CC1CC(N(CC2CCCNC2)C2CC2)CN1C1CC1. The van der Waals surface area contributed by atoms with Crippen LogP contribution >= 0.6 is 0 Å². The Kier molecular flexibility index (Phi) is 3.78. The maximum atomic E-state index is 3.60. The summed E-state index contributed by atoms with van der Waals surface area (Å²) < 4.78 is 0. The van der Waals surface area contributed by atoms with Gasteiger partial charge in [0.05, 0.1) is 0 Å². The van der Waals surface area contributed by atoms with Crippen LogP contribution in [-0.2, 0) is 0 Å². The van der Waals surface area contributed by atoms with Gasteiger partial charge in [0.2, 0.25) is 0 Å². The largest absolute Gasteiger partial charge is 0.316 e. The normalized spacial score (nSPS) is 39.6. The van der Waals surface area contributed by atoms with E-state index in [9.17, 15) is 0 Å². The van der Waals surface area contributed by atoms with Crippen molar-refractivity contribution in [2.24, 2.45) is 5.92 Å². The highest BCUT2D eigenvalue weighted by Crippen LogP contribution is 2.38. The van der Waals surface area contributed by atoms with E-state index in [1.165, 1.54) is 71.1 Å². The first-order valence-corrected chi connectivity index (χ1v) is 9.03. The molecule has 2 aliphatic carbocycles. The van der Waals surface area contributed by atoms with Gasteiger partial charge in [-0.2, -0.15) is 0 Å². The maximum absolute atomic E-state index is 3.60. The number of hydrogen-bond donors (Lipinski definition) is 1. The second-order valence-electron chi connectivity index (χ2n) is 7.81. The van der Waals surface area contributed by atoms with Gasteiger partial charge in [0.1, 0.15) is 0 Å². The Morgan fingerprint density at radius 2 is 1.95 bits per heavy atom. The molecule has 20 heavy (non-hydrogen) atoms. The standard InChI is InChI=1S/C17H31N3/c1-13-9-17(12-19(13)15-4-5-15)20(16-6-7-16)11-14-3-2-8-18-10-14/h13-18H,2-12H2,1H3. The van der Waals surface area contributed by atoms with Gasteiger partial charge < -0.3 is 5.32 Å². The molecule has 3 unspecified atom stereocenters. The van der Waals surface area contributed by atoms with Gasteiger partial charge in [0.25, 0.3) is 0 Å². The van der Waals surface area contributed by atoms with Gasteiger partial charge in [-0.3, -0.25) is 9.80 Å². The summed E-state index contributed by atoms with van der Waals surface area (Å²) in [7, 11) is 0. The molecule has 0 aromatic heterocycles. The number of piperidine rings is 1. The summed E-state index contributed by atoms with van der Waals surface area (Å²) in [5.74, 6) is 0.912. The van der Waals surface area contributed by atoms with Crippen molar-refractivity contribution < 1.29 is 0 Å². The predicted molar refractivity (Wildman–Crippen MR) is 82.9 cm³/mol. The molecule has 0 aromatic carbocycles. The first-order chi connectivity index (χ1) is 9.81. The summed E-state index contributed by atoms with van der Waals surface area (Å²) in [6.07, 6.45) is 10.1. The average molecular weight is 277 g/mol. The second-order valence-corrected chi connectivity index (χ2v) is 7.81. The molecule has 3 atom stereocenters. The molecule has 2 saturated heterocycles. The van der Waals surface area contributed by atoms with Crippen molar-refractivity contribution in [2.45, 2.75) is 76.0 Å². The van der Waals surface area contributed by atoms with E-state index < -0.39 is 0 Å². The average Bonchev–Trinajstić information content (AvgIpc) is 3.36. The minimum atomic E-state index is 0.832. The number of hydrogen-bond acceptors (Lipinski definition) is 3. The van der Waals surface area contributed by atoms with Gasteiger partial charge in [-0.15, -0.1) is 0 Å². The highest BCUT2D eigenvalue weighted by Gasteiger charge is 2.44. The molecule has 2 aliphatic heterocycles. The van der Waals surface area contributed by atoms with E-state index in [1.54, 1.807) is 0 Å². The van der Waals surface area contributed by atoms with Crippen LogP contribution in [0.25, 0.3) is 0 Å². The van der Waals surface area contributed by atoms with Crippen LogP contribution in [0.4, 0.5) is 0 Å². The molecule has 3 nitrogen and oxygen atoms in total. The smallest absolute Gasteiger partial charge is 0.0241 e. The van der Waals surface area contributed by atoms with Gasteiger partial charge >= 0.3 is 0 Å². The molecule has 0 radical (unpaired) electrons. The lowest BCUT2D eigenvalue weighted by molar-refractivity contribution is 0.143. The van der Waals surface area contributed by atoms with Crippen molar-refractivity contribution >= 4 is 0 Å². The van der Waals surface area contributed by atoms with Gasteiger partial charge in [-0.1, -0.05) is 0 Å². The molecule has 0 spiro atoms. The van der Waals surface area contributed by atoms with Crippen molar-refractivity contribution in [3.05, 3.63) is 0 Å². The molecule has 2 saturated carbocycles. The topological polar surface area (TPSA) is 18.5 Å². The van der Waals surface area contributed by atoms with Crippen LogP contribution in [0.1, 0.15) is 51.9 Å². The monoisotopic (exact) mass is 277 g/mol. The van der Waals surface area contributed by atoms with Crippen LogP contribution < -0.4 is 5.32 Å². The van der Waals surface area contributed by atoms with Crippen LogP contribution in [0, 0.1) is 5.92 Å². The lowest BCUT2D eigenvalue weighted by Gasteiger charge is -2.34.